The van der Waals surface area contributed by atoms with Gasteiger partial charge < -0.3 is 4.90 Å². The zero-order chi connectivity index (χ0) is 17.3. The molecule has 1 saturated heterocycles. The Bertz CT molecular complexity index is 821. The van der Waals surface area contributed by atoms with Crippen LogP contribution in [0.25, 0.3) is 0 Å². The summed E-state index contributed by atoms with van der Waals surface area (Å²) in [6.07, 6.45) is 2.74. The zero-order valence-corrected chi connectivity index (χ0v) is 15.3. The van der Waals surface area contributed by atoms with E-state index >= 15 is 0 Å². The molecule has 0 bridgehead atoms. The lowest BCUT2D eigenvalue weighted by Gasteiger charge is -2.33. The quantitative estimate of drug-likeness (QED) is 0.845. The van der Waals surface area contributed by atoms with E-state index in [4.69, 9.17) is 0 Å². The summed E-state index contributed by atoms with van der Waals surface area (Å²) >= 11 is 0. The van der Waals surface area contributed by atoms with Crippen LogP contribution in [0.2, 0.25) is 0 Å². The van der Waals surface area contributed by atoms with Gasteiger partial charge in [-0.05, 0) is 44.4 Å². The molecule has 1 fully saturated rings. The molecule has 6 nitrogen and oxygen atoms in total. The summed E-state index contributed by atoms with van der Waals surface area (Å²) in [5, 5.41) is 4.21. The van der Waals surface area contributed by atoms with Crippen molar-refractivity contribution in [2.24, 2.45) is 0 Å². The van der Waals surface area contributed by atoms with Gasteiger partial charge in [0.15, 0.2) is 0 Å². The maximum Gasteiger partial charge on any atom is 0.150 e. The number of piperidine rings is 1. The molecule has 2 heterocycles. The summed E-state index contributed by atoms with van der Waals surface area (Å²) < 4.78 is 25.3. The van der Waals surface area contributed by atoms with Crippen molar-refractivity contribution >= 4 is 15.5 Å². The third kappa shape index (κ3) is 3.77. The summed E-state index contributed by atoms with van der Waals surface area (Å²) in [6, 6.07) is 8.39. The minimum Gasteiger partial charge on any atom is -0.371 e. The van der Waals surface area contributed by atoms with Gasteiger partial charge in [0.25, 0.3) is 0 Å². The molecule has 3 rings (SSSR count). The number of aryl methyl sites for hydroxylation is 2. The number of nitrogens with zero attached hydrogens (tertiary/aromatic N) is 4. The van der Waals surface area contributed by atoms with Gasteiger partial charge in [0.05, 0.1) is 11.8 Å². The molecule has 0 atom stereocenters. The maximum absolute atomic E-state index is 11.7. The third-order valence-electron chi connectivity index (χ3n) is 4.62. The van der Waals surface area contributed by atoms with Gasteiger partial charge in [0, 0.05) is 25.0 Å². The third-order valence-corrected chi connectivity index (χ3v) is 6.30. The van der Waals surface area contributed by atoms with Crippen LogP contribution in [0, 0.1) is 13.8 Å². The lowest BCUT2D eigenvalue weighted by Crippen LogP contribution is -2.39. The van der Waals surface area contributed by atoms with E-state index in [0.29, 0.717) is 19.4 Å². The van der Waals surface area contributed by atoms with Gasteiger partial charge in [-0.3, -0.25) is 0 Å². The number of anilines is 1. The highest BCUT2D eigenvalue weighted by Crippen LogP contribution is 2.24. The van der Waals surface area contributed by atoms with E-state index in [9.17, 15) is 8.42 Å². The Morgan fingerprint density at radius 1 is 1.21 bits per heavy atom. The Hall–Kier alpha value is -1.89. The Kier molecular flexibility index (Phi) is 4.62. The van der Waals surface area contributed by atoms with Crippen LogP contribution in [-0.4, -0.2) is 47.8 Å². The van der Waals surface area contributed by atoms with Crippen molar-refractivity contribution in [3.8, 4) is 0 Å². The van der Waals surface area contributed by atoms with Crippen molar-refractivity contribution in [1.82, 2.24) is 14.8 Å². The van der Waals surface area contributed by atoms with Crippen LogP contribution < -0.4 is 4.90 Å². The van der Waals surface area contributed by atoms with Gasteiger partial charge in [0.2, 0.25) is 0 Å². The predicted octanol–water partition coefficient (Wildman–Crippen LogP) is 1.96. The normalized spacial score (nSPS) is 16.5. The fraction of sp³-hybridized carbons (Fsp3) is 0.529. The molecule has 0 aliphatic carbocycles. The van der Waals surface area contributed by atoms with Crippen molar-refractivity contribution in [1.29, 1.82) is 0 Å². The molecule has 0 saturated carbocycles. The SMILES string of the molecule is Cc1nc(C)n(Cc2cccc(N3CCC(S(C)(=O)=O)CC3)c2)n1. The summed E-state index contributed by atoms with van der Waals surface area (Å²) in [5.74, 6) is 1.69. The van der Waals surface area contributed by atoms with Gasteiger partial charge in [-0.25, -0.2) is 18.1 Å². The van der Waals surface area contributed by atoms with E-state index in [1.807, 2.05) is 24.6 Å². The smallest absolute Gasteiger partial charge is 0.150 e. The first kappa shape index (κ1) is 17.0. The van der Waals surface area contributed by atoms with Crippen LogP contribution in [0.3, 0.4) is 0 Å². The molecular formula is C17H24N4O2S. The predicted molar refractivity (Wildman–Crippen MR) is 95.1 cm³/mol. The zero-order valence-electron chi connectivity index (χ0n) is 14.4. The molecule has 1 aliphatic heterocycles. The minimum atomic E-state index is -2.93. The van der Waals surface area contributed by atoms with E-state index in [-0.39, 0.29) is 5.25 Å². The fourth-order valence-corrected chi connectivity index (χ4v) is 4.34. The second kappa shape index (κ2) is 6.55. The van der Waals surface area contributed by atoms with Crippen LogP contribution in [0.5, 0.6) is 0 Å². The van der Waals surface area contributed by atoms with Crippen LogP contribution in [0.1, 0.15) is 30.1 Å². The van der Waals surface area contributed by atoms with Gasteiger partial charge >= 0.3 is 0 Å². The van der Waals surface area contributed by atoms with Gasteiger partial charge in [-0.1, -0.05) is 12.1 Å². The Balaban J connectivity index is 1.71. The van der Waals surface area contributed by atoms with Gasteiger partial charge in [-0.15, -0.1) is 0 Å². The molecule has 7 heteroatoms. The highest BCUT2D eigenvalue weighted by atomic mass is 32.2. The number of rotatable bonds is 4. The van der Waals surface area contributed by atoms with Crippen LogP contribution >= 0.6 is 0 Å². The van der Waals surface area contributed by atoms with E-state index in [1.165, 1.54) is 11.8 Å². The number of sulfone groups is 1. The monoisotopic (exact) mass is 348 g/mol. The molecule has 1 aliphatic rings. The van der Waals surface area contributed by atoms with Crippen LogP contribution in [0.15, 0.2) is 24.3 Å². The second-order valence-electron chi connectivity index (χ2n) is 6.55. The van der Waals surface area contributed by atoms with Crippen molar-refractivity contribution in [3.05, 3.63) is 41.5 Å². The average molecular weight is 348 g/mol. The Morgan fingerprint density at radius 3 is 2.50 bits per heavy atom. The molecule has 0 N–H and O–H groups in total. The molecule has 24 heavy (non-hydrogen) atoms. The summed E-state index contributed by atoms with van der Waals surface area (Å²) in [7, 11) is -2.93. The largest absolute Gasteiger partial charge is 0.371 e. The molecule has 0 unspecified atom stereocenters. The number of hydrogen-bond donors (Lipinski definition) is 0. The minimum absolute atomic E-state index is 0.197. The standard InChI is InChI=1S/C17H24N4O2S/c1-13-18-14(2)21(19-13)12-15-5-4-6-16(11-15)20-9-7-17(8-10-20)24(3,22)23/h4-6,11,17H,7-10,12H2,1-3H3. The summed E-state index contributed by atoms with van der Waals surface area (Å²) in [4.78, 5) is 6.60. The first-order chi connectivity index (χ1) is 11.3. The van der Waals surface area contributed by atoms with Crippen molar-refractivity contribution in [2.75, 3.05) is 24.2 Å². The lowest BCUT2D eigenvalue weighted by molar-refractivity contribution is 0.534. The fourth-order valence-electron chi connectivity index (χ4n) is 3.28. The van der Waals surface area contributed by atoms with Crippen molar-refractivity contribution < 1.29 is 8.42 Å². The van der Waals surface area contributed by atoms with Crippen LogP contribution in [-0.2, 0) is 16.4 Å². The van der Waals surface area contributed by atoms with E-state index < -0.39 is 9.84 Å². The van der Waals surface area contributed by atoms with Gasteiger partial charge in [0.1, 0.15) is 21.5 Å². The number of hydrogen-bond acceptors (Lipinski definition) is 5. The topological polar surface area (TPSA) is 68.1 Å². The molecule has 0 radical (unpaired) electrons. The van der Waals surface area contributed by atoms with Gasteiger partial charge in [-0.2, -0.15) is 5.10 Å². The summed E-state index contributed by atoms with van der Waals surface area (Å²) in [6.45, 7) is 6.11. The summed E-state index contributed by atoms with van der Waals surface area (Å²) in [5.41, 5.74) is 2.32. The van der Waals surface area contributed by atoms with E-state index in [1.54, 1.807) is 0 Å². The highest BCUT2D eigenvalue weighted by molar-refractivity contribution is 7.91. The molecule has 1 aromatic carbocycles. The highest BCUT2D eigenvalue weighted by Gasteiger charge is 2.26. The van der Waals surface area contributed by atoms with Crippen molar-refractivity contribution in [3.63, 3.8) is 0 Å². The molecule has 0 amide bonds. The molecule has 130 valence electrons. The molecular weight excluding hydrogens is 324 g/mol. The van der Waals surface area contributed by atoms with Crippen LogP contribution in [0.4, 0.5) is 5.69 Å². The maximum atomic E-state index is 11.7. The second-order valence-corrected chi connectivity index (χ2v) is 8.88. The van der Waals surface area contributed by atoms with Crippen molar-refractivity contribution in [2.45, 2.75) is 38.5 Å². The Labute approximate surface area is 143 Å². The first-order valence-electron chi connectivity index (χ1n) is 8.24. The van der Waals surface area contributed by atoms with E-state index in [2.05, 4.69) is 33.2 Å². The first-order valence-corrected chi connectivity index (χ1v) is 10.2. The number of aromatic nitrogens is 3. The lowest BCUT2D eigenvalue weighted by atomic mass is 10.1. The van der Waals surface area contributed by atoms with E-state index in [0.717, 1.165) is 30.4 Å². The average Bonchev–Trinajstić information content (AvgIpc) is 2.84. The Morgan fingerprint density at radius 2 is 1.92 bits per heavy atom. The molecule has 1 aromatic heterocycles. The molecule has 2 aromatic rings. The molecule has 0 spiro atoms. The number of benzene rings is 1.